The Hall–Kier alpha value is -2.06. The summed E-state index contributed by atoms with van der Waals surface area (Å²) in [6, 6.07) is 12.4. The van der Waals surface area contributed by atoms with Crippen molar-refractivity contribution in [3.63, 3.8) is 0 Å². The average molecular weight is 469 g/mol. The van der Waals surface area contributed by atoms with E-state index in [1.54, 1.807) is 30.3 Å². The summed E-state index contributed by atoms with van der Waals surface area (Å²) in [6.45, 7) is 2.66. The minimum absolute atomic E-state index is 0.143. The number of thioether (sulfide) groups is 1. The lowest BCUT2D eigenvalue weighted by atomic mass is 10.2. The number of amides is 1. The smallest absolute Gasteiger partial charge is 0.250 e. The zero-order chi connectivity index (χ0) is 20.8. The molecule has 0 aliphatic carbocycles. The third-order valence-corrected chi connectivity index (χ3v) is 5.60. The Kier molecular flexibility index (Phi) is 7.55. The second-order valence-electron chi connectivity index (χ2n) is 5.81. The first-order chi connectivity index (χ1) is 14.0. The second-order valence-corrected chi connectivity index (χ2v) is 8.03. The first-order valence-corrected chi connectivity index (χ1v) is 10.7. The number of benzene rings is 2. The van der Waals surface area contributed by atoms with Crippen LogP contribution in [0.3, 0.4) is 0 Å². The van der Waals surface area contributed by atoms with Crippen molar-refractivity contribution in [3.05, 3.63) is 63.1 Å². The molecule has 0 atom stereocenters. The highest BCUT2D eigenvalue weighted by Crippen LogP contribution is 2.25. The van der Waals surface area contributed by atoms with Crippen LogP contribution in [0.2, 0.25) is 15.1 Å². The molecule has 0 aliphatic rings. The van der Waals surface area contributed by atoms with Crippen molar-refractivity contribution in [2.45, 2.75) is 18.6 Å². The maximum atomic E-state index is 12.1. The van der Waals surface area contributed by atoms with Crippen LogP contribution in [0, 0.1) is 0 Å². The van der Waals surface area contributed by atoms with E-state index in [9.17, 15) is 4.79 Å². The molecule has 0 bridgehead atoms. The van der Waals surface area contributed by atoms with Crippen molar-refractivity contribution in [2.24, 2.45) is 5.10 Å². The summed E-state index contributed by atoms with van der Waals surface area (Å²) in [7, 11) is 0. The van der Waals surface area contributed by atoms with Crippen LogP contribution in [-0.4, -0.2) is 32.6 Å². The molecule has 2 aromatic carbocycles. The Morgan fingerprint density at radius 2 is 1.86 bits per heavy atom. The van der Waals surface area contributed by atoms with E-state index in [0.717, 1.165) is 11.4 Å². The van der Waals surface area contributed by atoms with Crippen molar-refractivity contribution < 1.29 is 4.79 Å². The van der Waals surface area contributed by atoms with Gasteiger partial charge in [0.1, 0.15) is 0 Å². The Labute approximate surface area is 187 Å². The fourth-order valence-electron chi connectivity index (χ4n) is 2.44. The summed E-state index contributed by atoms with van der Waals surface area (Å²) in [5, 5.41) is 14.7. The van der Waals surface area contributed by atoms with Gasteiger partial charge >= 0.3 is 0 Å². The van der Waals surface area contributed by atoms with Gasteiger partial charge in [0.25, 0.3) is 5.91 Å². The number of nitrogens with one attached hydrogen (secondary N) is 1. The molecule has 0 saturated carbocycles. The van der Waals surface area contributed by atoms with Gasteiger partial charge in [0.05, 0.1) is 17.0 Å². The van der Waals surface area contributed by atoms with E-state index in [0.29, 0.717) is 32.3 Å². The topological polar surface area (TPSA) is 72.2 Å². The Morgan fingerprint density at radius 3 is 2.55 bits per heavy atom. The molecule has 1 heterocycles. The summed E-state index contributed by atoms with van der Waals surface area (Å²) in [6.07, 6.45) is 1.47. The number of hydrogen-bond acceptors (Lipinski definition) is 5. The molecule has 10 heteroatoms. The molecule has 1 aromatic heterocycles. The largest absolute Gasteiger partial charge is 0.302 e. The molecular weight excluding hydrogens is 453 g/mol. The van der Waals surface area contributed by atoms with Crippen LogP contribution >= 0.6 is 46.6 Å². The number of aromatic nitrogens is 3. The standard InChI is InChI=1S/C19H16Cl3N5OS/c1-2-27-18(12-3-6-14(20)7-4-12)25-26-19(27)29-11-17(28)24-23-10-13-5-8-15(21)9-16(13)22/h3-10H,2,11H2,1H3,(H,24,28). The summed E-state index contributed by atoms with van der Waals surface area (Å²) in [5.41, 5.74) is 4.03. The highest BCUT2D eigenvalue weighted by molar-refractivity contribution is 7.99. The summed E-state index contributed by atoms with van der Waals surface area (Å²) >= 11 is 19.1. The molecule has 0 radical (unpaired) electrons. The highest BCUT2D eigenvalue weighted by Gasteiger charge is 2.14. The summed E-state index contributed by atoms with van der Waals surface area (Å²) < 4.78 is 1.94. The predicted molar refractivity (Wildman–Crippen MR) is 119 cm³/mol. The van der Waals surface area contributed by atoms with Gasteiger partial charge < -0.3 is 4.57 Å². The second kappa shape index (κ2) is 10.1. The molecule has 6 nitrogen and oxygen atoms in total. The quantitative estimate of drug-likeness (QED) is 0.295. The molecule has 0 spiro atoms. The summed E-state index contributed by atoms with van der Waals surface area (Å²) in [4.78, 5) is 12.1. The fourth-order valence-corrected chi connectivity index (χ4v) is 3.81. The van der Waals surface area contributed by atoms with Crippen molar-refractivity contribution in [1.29, 1.82) is 0 Å². The average Bonchev–Trinajstić information content (AvgIpc) is 3.11. The summed E-state index contributed by atoms with van der Waals surface area (Å²) in [5.74, 6) is 0.599. The van der Waals surface area contributed by atoms with Crippen LogP contribution < -0.4 is 5.43 Å². The number of hydrazone groups is 1. The zero-order valence-electron chi connectivity index (χ0n) is 15.3. The van der Waals surface area contributed by atoms with E-state index >= 15 is 0 Å². The van der Waals surface area contributed by atoms with Crippen LogP contribution in [0.25, 0.3) is 11.4 Å². The number of halogens is 3. The highest BCUT2D eigenvalue weighted by atomic mass is 35.5. The molecule has 29 heavy (non-hydrogen) atoms. The van der Waals surface area contributed by atoms with Gasteiger partial charge in [-0.3, -0.25) is 4.79 Å². The molecular formula is C19H16Cl3N5OS. The van der Waals surface area contributed by atoms with Gasteiger partial charge in [-0.25, -0.2) is 5.43 Å². The molecule has 0 fully saturated rings. The molecule has 0 aliphatic heterocycles. The first-order valence-electron chi connectivity index (χ1n) is 8.57. The van der Waals surface area contributed by atoms with Gasteiger partial charge in [-0.15, -0.1) is 10.2 Å². The van der Waals surface area contributed by atoms with Crippen molar-refractivity contribution >= 4 is 58.7 Å². The zero-order valence-corrected chi connectivity index (χ0v) is 18.4. The normalized spacial score (nSPS) is 11.2. The van der Waals surface area contributed by atoms with Gasteiger partial charge in [-0.05, 0) is 43.3 Å². The Balaban J connectivity index is 1.60. The number of carbonyl (C=O) groups excluding carboxylic acids is 1. The van der Waals surface area contributed by atoms with E-state index in [4.69, 9.17) is 34.8 Å². The molecule has 0 saturated heterocycles. The lowest BCUT2D eigenvalue weighted by molar-refractivity contribution is -0.118. The molecule has 0 unspecified atom stereocenters. The maximum Gasteiger partial charge on any atom is 0.250 e. The molecule has 1 N–H and O–H groups in total. The number of nitrogens with zero attached hydrogens (tertiary/aromatic N) is 4. The number of hydrogen-bond donors (Lipinski definition) is 1. The monoisotopic (exact) mass is 467 g/mol. The lowest BCUT2D eigenvalue weighted by Crippen LogP contribution is -2.20. The maximum absolute atomic E-state index is 12.1. The molecule has 3 rings (SSSR count). The van der Waals surface area contributed by atoms with Gasteiger partial charge in [0, 0.05) is 27.7 Å². The fraction of sp³-hybridized carbons (Fsp3) is 0.158. The third-order valence-electron chi connectivity index (χ3n) is 3.82. The van der Waals surface area contributed by atoms with E-state index < -0.39 is 0 Å². The Morgan fingerprint density at radius 1 is 1.14 bits per heavy atom. The van der Waals surface area contributed by atoms with Gasteiger partial charge in [0.2, 0.25) is 0 Å². The molecule has 3 aromatic rings. The van der Waals surface area contributed by atoms with Gasteiger partial charge in [0.15, 0.2) is 11.0 Å². The molecule has 1 amide bonds. The van der Waals surface area contributed by atoms with Gasteiger partial charge in [-0.1, -0.05) is 52.6 Å². The minimum Gasteiger partial charge on any atom is -0.302 e. The Bertz CT molecular complexity index is 1040. The van der Waals surface area contributed by atoms with Crippen molar-refractivity contribution in [2.75, 3.05) is 5.75 Å². The van der Waals surface area contributed by atoms with Crippen LogP contribution in [0.1, 0.15) is 12.5 Å². The van der Waals surface area contributed by atoms with Crippen molar-refractivity contribution in [1.82, 2.24) is 20.2 Å². The third kappa shape index (κ3) is 5.73. The van der Waals surface area contributed by atoms with E-state index in [2.05, 4.69) is 20.7 Å². The minimum atomic E-state index is -0.268. The van der Waals surface area contributed by atoms with E-state index in [1.807, 2.05) is 23.6 Å². The van der Waals surface area contributed by atoms with Crippen LogP contribution in [0.4, 0.5) is 0 Å². The number of carbonyl (C=O) groups is 1. The first kappa shape index (κ1) is 21.6. The van der Waals surface area contributed by atoms with Gasteiger partial charge in [-0.2, -0.15) is 5.10 Å². The van der Waals surface area contributed by atoms with Crippen molar-refractivity contribution in [3.8, 4) is 11.4 Å². The SMILES string of the molecule is CCn1c(SCC(=O)NN=Cc2ccc(Cl)cc2Cl)nnc1-c1ccc(Cl)cc1. The van der Waals surface area contributed by atoms with Crippen LogP contribution in [0.5, 0.6) is 0 Å². The predicted octanol–water partition coefficient (Wildman–Crippen LogP) is 5.17. The van der Waals surface area contributed by atoms with Crippen LogP contribution in [-0.2, 0) is 11.3 Å². The number of rotatable bonds is 7. The lowest BCUT2D eigenvalue weighted by Gasteiger charge is -2.07. The van der Waals surface area contributed by atoms with E-state index in [-0.39, 0.29) is 11.7 Å². The van der Waals surface area contributed by atoms with Crippen LogP contribution in [0.15, 0.2) is 52.7 Å². The molecule has 150 valence electrons. The van der Waals surface area contributed by atoms with E-state index in [1.165, 1.54) is 18.0 Å².